The molecule has 19 heavy (non-hydrogen) atoms. The zero-order chi connectivity index (χ0) is 14.3. The average molecular weight is 266 g/mol. The number of ether oxygens (including phenoxy) is 1. The first-order valence-electron chi connectivity index (χ1n) is 6.26. The highest BCUT2D eigenvalue weighted by molar-refractivity contribution is 5.95. The van der Waals surface area contributed by atoms with Crippen LogP contribution in [0.1, 0.15) is 19.5 Å². The van der Waals surface area contributed by atoms with E-state index in [4.69, 9.17) is 15.7 Å². The van der Waals surface area contributed by atoms with Crippen LogP contribution in [-0.2, 0) is 4.74 Å². The molecule has 0 aromatic carbocycles. The molecule has 1 aromatic rings. The summed E-state index contributed by atoms with van der Waals surface area (Å²) in [4.78, 5) is 6.39. The average Bonchev–Trinajstić information content (AvgIpc) is 2.42. The van der Waals surface area contributed by atoms with E-state index in [9.17, 15) is 0 Å². The summed E-state index contributed by atoms with van der Waals surface area (Å²) in [6, 6.07) is 3.66. The molecule has 1 heterocycles. The Morgan fingerprint density at radius 2 is 2.26 bits per heavy atom. The smallest absolute Gasteiger partial charge is 0.188 e. The van der Waals surface area contributed by atoms with Crippen molar-refractivity contribution in [3.05, 3.63) is 24.0 Å². The van der Waals surface area contributed by atoms with Crippen molar-refractivity contribution in [3.8, 4) is 0 Å². The van der Waals surface area contributed by atoms with Gasteiger partial charge in [-0.2, -0.15) is 0 Å². The number of amidine groups is 1. The van der Waals surface area contributed by atoms with Crippen LogP contribution in [-0.4, -0.2) is 42.8 Å². The van der Waals surface area contributed by atoms with Crippen molar-refractivity contribution >= 4 is 11.5 Å². The summed E-state index contributed by atoms with van der Waals surface area (Å²) in [5, 5.41) is 11.5. The molecule has 0 saturated heterocycles. The van der Waals surface area contributed by atoms with Crippen molar-refractivity contribution in [1.29, 1.82) is 0 Å². The maximum absolute atomic E-state index is 8.60. The molecule has 0 atom stereocenters. The minimum Gasteiger partial charge on any atom is -0.409 e. The monoisotopic (exact) mass is 266 g/mol. The summed E-state index contributed by atoms with van der Waals surface area (Å²) in [5.41, 5.74) is 6.95. The van der Waals surface area contributed by atoms with Crippen LogP contribution in [0.4, 0.5) is 5.69 Å². The Morgan fingerprint density at radius 3 is 2.74 bits per heavy atom. The van der Waals surface area contributed by atoms with Crippen LogP contribution >= 0.6 is 0 Å². The number of nitrogens with zero attached hydrogens (tertiary/aromatic N) is 3. The van der Waals surface area contributed by atoms with E-state index in [1.54, 1.807) is 19.4 Å². The van der Waals surface area contributed by atoms with Gasteiger partial charge in [-0.05, 0) is 18.1 Å². The van der Waals surface area contributed by atoms with Crippen LogP contribution in [0.15, 0.2) is 23.5 Å². The SMILES string of the molecule is COCCN(CC(C)C)c1ccc(/C(N)=N/O)nc1. The fraction of sp³-hybridized carbons (Fsp3) is 0.538. The van der Waals surface area contributed by atoms with Gasteiger partial charge in [0.15, 0.2) is 5.84 Å². The third kappa shape index (κ3) is 4.75. The maximum atomic E-state index is 8.60. The number of hydrogen-bond donors (Lipinski definition) is 2. The van der Waals surface area contributed by atoms with Gasteiger partial charge in [0.05, 0.1) is 18.5 Å². The van der Waals surface area contributed by atoms with E-state index in [1.807, 2.05) is 6.07 Å². The first-order chi connectivity index (χ1) is 9.08. The number of aromatic nitrogens is 1. The highest BCUT2D eigenvalue weighted by Crippen LogP contribution is 2.14. The topological polar surface area (TPSA) is 84.0 Å². The van der Waals surface area contributed by atoms with E-state index >= 15 is 0 Å². The summed E-state index contributed by atoms with van der Waals surface area (Å²) in [6.45, 7) is 6.72. The number of methoxy groups -OCH3 is 1. The lowest BCUT2D eigenvalue weighted by Crippen LogP contribution is -2.31. The van der Waals surface area contributed by atoms with Gasteiger partial charge >= 0.3 is 0 Å². The van der Waals surface area contributed by atoms with Crippen LogP contribution in [0, 0.1) is 5.92 Å². The van der Waals surface area contributed by atoms with Crippen LogP contribution in [0.2, 0.25) is 0 Å². The predicted octanol–water partition coefficient (Wildman–Crippen LogP) is 1.28. The molecule has 0 amide bonds. The standard InChI is InChI=1S/C13H22N4O2/c1-10(2)9-17(6-7-19-3)11-4-5-12(15-8-11)13(14)16-18/h4-5,8,10,18H,6-7,9H2,1-3H3,(H2,14,16). The number of oxime groups is 1. The van der Waals surface area contributed by atoms with Gasteiger partial charge in [0.2, 0.25) is 0 Å². The predicted molar refractivity (Wildman–Crippen MR) is 75.7 cm³/mol. The van der Waals surface area contributed by atoms with Crippen LogP contribution in [0.5, 0.6) is 0 Å². The van der Waals surface area contributed by atoms with E-state index in [0.717, 1.165) is 18.8 Å². The van der Waals surface area contributed by atoms with Gasteiger partial charge in [-0.25, -0.2) is 0 Å². The van der Waals surface area contributed by atoms with Gasteiger partial charge in [-0.3, -0.25) is 4.98 Å². The van der Waals surface area contributed by atoms with Crippen LogP contribution in [0.3, 0.4) is 0 Å². The second-order valence-electron chi connectivity index (χ2n) is 4.72. The number of nitrogens with two attached hydrogens (primary N) is 1. The van der Waals surface area contributed by atoms with E-state index in [0.29, 0.717) is 18.2 Å². The Balaban J connectivity index is 2.83. The van der Waals surface area contributed by atoms with E-state index in [2.05, 4.69) is 28.9 Å². The molecule has 6 heteroatoms. The fourth-order valence-electron chi connectivity index (χ4n) is 1.74. The lowest BCUT2D eigenvalue weighted by Gasteiger charge is -2.26. The summed E-state index contributed by atoms with van der Waals surface area (Å²) in [6.07, 6.45) is 1.73. The second-order valence-corrected chi connectivity index (χ2v) is 4.72. The van der Waals surface area contributed by atoms with Gasteiger partial charge in [-0.15, -0.1) is 0 Å². The lowest BCUT2D eigenvalue weighted by molar-refractivity contribution is 0.204. The minimum atomic E-state index is 0.0128. The zero-order valence-corrected chi connectivity index (χ0v) is 11.7. The second kappa shape index (κ2) is 7.58. The largest absolute Gasteiger partial charge is 0.409 e. The molecule has 0 bridgehead atoms. The molecule has 0 aliphatic heterocycles. The molecule has 106 valence electrons. The Labute approximate surface area is 113 Å². The van der Waals surface area contributed by atoms with Crippen molar-refractivity contribution < 1.29 is 9.94 Å². The van der Waals surface area contributed by atoms with Crippen molar-refractivity contribution in [2.45, 2.75) is 13.8 Å². The van der Waals surface area contributed by atoms with Gasteiger partial charge in [-0.1, -0.05) is 19.0 Å². The summed E-state index contributed by atoms with van der Waals surface area (Å²) in [7, 11) is 1.69. The Hall–Kier alpha value is -1.82. The molecular weight excluding hydrogens is 244 g/mol. The molecular formula is C13H22N4O2. The molecule has 0 radical (unpaired) electrons. The van der Waals surface area contributed by atoms with Crippen LogP contribution in [0.25, 0.3) is 0 Å². The normalized spacial score (nSPS) is 11.9. The molecule has 0 saturated carbocycles. The lowest BCUT2D eigenvalue weighted by atomic mass is 10.2. The third-order valence-corrected chi connectivity index (χ3v) is 2.63. The minimum absolute atomic E-state index is 0.0128. The molecule has 0 unspecified atom stereocenters. The van der Waals surface area contributed by atoms with E-state index < -0.39 is 0 Å². The first kappa shape index (κ1) is 15.2. The molecule has 0 aliphatic rings. The summed E-state index contributed by atoms with van der Waals surface area (Å²) >= 11 is 0. The zero-order valence-electron chi connectivity index (χ0n) is 11.7. The van der Waals surface area contributed by atoms with E-state index in [-0.39, 0.29) is 5.84 Å². The molecule has 6 nitrogen and oxygen atoms in total. The molecule has 1 aromatic heterocycles. The molecule has 3 N–H and O–H groups in total. The van der Waals surface area contributed by atoms with Crippen molar-refractivity contribution in [2.75, 3.05) is 31.7 Å². The number of pyridine rings is 1. The highest BCUT2D eigenvalue weighted by atomic mass is 16.5. The van der Waals surface area contributed by atoms with E-state index in [1.165, 1.54) is 0 Å². The van der Waals surface area contributed by atoms with Crippen LogP contribution < -0.4 is 10.6 Å². The number of rotatable bonds is 7. The Kier molecular flexibility index (Phi) is 6.08. The van der Waals surface area contributed by atoms with Gasteiger partial charge in [0, 0.05) is 20.2 Å². The molecule has 1 rings (SSSR count). The van der Waals surface area contributed by atoms with Crippen molar-refractivity contribution in [2.24, 2.45) is 16.8 Å². The molecule has 0 aliphatic carbocycles. The van der Waals surface area contributed by atoms with Crippen molar-refractivity contribution in [1.82, 2.24) is 4.98 Å². The number of hydrogen-bond acceptors (Lipinski definition) is 5. The quantitative estimate of drug-likeness (QED) is 0.336. The number of anilines is 1. The third-order valence-electron chi connectivity index (χ3n) is 2.63. The van der Waals surface area contributed by atoms with Gasteiger partial charge in [0.25, 0.3) is 0 Å². The summed E-state index contributed by atoms with van der Waals surface area (Å²) in [5.74, 6) is 0.555. The first-order valence-corrected chi connectivity index (χ1v) is 6.26. The Bertz CT molecular complexity index is 404. The van der Waals surface area contributed by atoms with Crippen molar-refractivity contribution in [3.63, 3.8) is 0 Å². The molecule has 0 spiro atoms. The van der Waals surface area contributed by atoms with Gasteiger partial charge in [0.1, 0.15) is 5.69 Å². The van der Waals surface area contributed by atoms with Gasteiger partial charge < -0.3 is 20.6 Å². The highest BCUT2D eigenvalue weighted by Gasteiger charge is 2.10. The fourth-order valence-corrected chi connectivity index (χ4v) is 1.74. The maximum Gasteiger partial charge on any atom is 0.188 e. The Morgan fingerprint density at radius 1 is 1.53 bits per heavy atom. The molecule has 0 fully saturated rings. The summed E-state index contributed by atoms with van der Waals surface area (Å²) < 4.78 is 5.12.